The molecule has 0 bridgehead atoms. The van der Waals surface area contributed by atoms with Crippen LogP contribution in [0, 0.1) is 0 Å². The summed E-state index contributed by atoms with van der Waals surface area (Å²) in [7, 11) is 1.00. The fourth-order valence-electron chi connectivity index (χ4n) is 5.00. The zero-order valence-corrected chi connectivity index (χ0v) is 30.9. The van der Waals surface area contributed by atoms with E-state index in [1.165, 1.54) is 51.9 Å². The standard InChI is InChI=1S/C35H61N3O11.CH4O/c1-28(40)18-20-30(35(46)47)38-33(43)27-49-25-24-48-23-22-36-31(41)21-19-29(26-39)37-32(42)16-14-12-10-8-6-4-2-3-5-7-9-11-13-15-17-34(44)45;1-2/h26,29-30H,2-25,27H2,1H3,(H,36,41)(H,37,42)(H,38,43)(H,44,45)(H,46,47);2H,1H3. The van der Waals surface area contributed by atoms with Crippen molar-refractivity contribution in [1.82, 2.24) is 16.0 Å². The molecule has 0 aromatic carbocycles. The lowest BCUT2D eigenvalue weighted by Gasteiger charge is -2.14. The lowest BCUT2D eigenvalue weighted by atomic mass is 10.0. The molecule has 0 aliphatic carbocycles. The molecule has 0 rings (SSSR count). The zero-order valence-electron chi connectivity index (χ0n) is 30.9. The third-order valence-corrected chi connectivity index (χ3v) is 7.83. The van der Waals surface area contributed by atoms with Gasteiger partial charge >= 0.3 is 11.9 Å². The molecule has 0 fully saturated rings. The van der Waals surface area contributed by atoms with Gasteiger partial charge in [0.2, 0.25) is 17.7 Å². The minimum atomic E-state index is -1.23. The van der Waals surface area contributed by atoms with Crippen LogP contribution in [0.15, 0.2) is 0 Å². The number of aliphatic carboxylic acids is 2. The molecule has 0 aromatic heterocycles. The second kappa shape index (κ2) is 36.4. The van der Waals surface area contributed by atoms with Crippen LogP contribution in [0.5, 0.6) is 0 Å². The van der Waals surface area contributed by atoms with Crippen LogP contribution in [0.25, 0.3) is 0 Å². The predicted molar refractivity (Wildman–Crippen MR) is 191 cm³/mol. The summed E-state index contributed by atoms with van der Waals surface area (Å²) in [5, 5.41) is 32.4. The molecule has 0 spiro atoms. The first-order chi connectivity index (χ1) is 24.5. The number of hydrogen-bond donors (Lipinski definition) is 6. The Morgan fingerprint density at radius 1 is 0.588 bits per heavy atom. The van der Waals surface area contributed by atoms with Gasteiger partial charge in [-0.1, -0.05) is 77.0 Å². The van der Waals surface area contributed by atoms with Gasteiger partial charge in [-0.3, -0.25) is 19.2 Å². The molecule has 0 aromatic rings. The van der Waals surface area contributed by atoms with Crippen LogP contribution >= 0.6 is 0 Å². The first-order valence-electron chi connectivity index (χ1n) is 18.4. The van der Waals surface area contributed by atoms with Crippen LogP contribution in [0.3, 0.4) is 0 Å². The number of ketones is 1. The van der Waals surface area contributed by atoms with Gasteiger partial charge in [0.1, 0.15) is 24.7 Å². The molecule has 51 heavy (non-hydrogen) atoms. The van der Waals surface area contributed by atoms with Crippen molar-refractivity contribution in [3.63, 3.8) is 0 Å². The summed E-state index contributed by atoms with van der Waals surface area (Å²) in [4.78, 5) is 80.2. The van der Waals surface area contributed by atoms with E-state index in [-0.39, 0.29) is 82.7 Å². The second-order valence-corrected chi connectivity index (χ2v) is 12.4. The lowest BCUT2D eigenvalue weighted by Crippen LogP contribution is -2.42. The Kier molecular flexibility index (Phi) is 35.4. The minimum absolute atomic E-state index is 0.00175. The van der Waals surface area contributed by atoms with Gasteiger partial charge in [-0.2, -0.15) is 0 Å². The molecule has 0 heterocycles. The molecule has 6 N–H and O–H groups in total. The van der Waals surface area contributed by atoms with Gasteiger partial charge in [0.25, 0.3) is 0 Å². The number of carbonyl (C=O) groups is 7. The van der Waals surface area contributed by atoms with E-state index in [0.717, 1.165) is 52.1 Å². The summed E-state index contributed by atoms with van der Waals surface area (Å²) in [5.41, 5.74) is 0. The Balaban J connectivity index is 0. The molecule has 0 aliphatic heterocycles. The molecular weight excluding hydrogens is 666 g/mol. The SMILES string of the molecule is CC(=O)CCC(NC(=O)COCCOCCNC(=O)CCC(C=O)NC(=O)CCCCCCCCCCCCCCCCC(=O)O)C(=O)O.CO. The van der Waals surface area contributed by atoms with Crippen molar-refractivity contribution in [2.75, 3.05) is 40.1 Å². The number of unbranched alkanes of at least 4 members (excludes halogenated alkanes) is 13. The summed E-state index contributed by atoms with van der Waals surface area (Å²) in [6.45, 7) is 1.64. The quantitative estimate of drug-likeness (QED) is 0.0406. The van der Waals surface area contributed by atoms with E-state index in [2.05, 4.69) is 16.0 Å². The molecule has 0 radical (unpaired) electrons. The number of rotatable bonds is 35. The van der Waals surface area contributed by atoms with Gasteiger partial charge in [-0.25, -0.2) is 4.79 Å². The molecule has 3 amide bonds. The molecule has 2 atom stereocenters. The van der Waals surface area contributed by atoms with Gasteiger partial charge in [-0.15, -0.1) is 0 Å². The summed E-state index contributed by atoms with van der Waals surface area (Å²) < 4.78 is 10.5. The summed E-state index contributed by atoms with van der Waals surface area (Å²) in [6.07, 6.45) is 17.0. The second-order valence-electron chi connectivity index (χ2n) is 12.4. The van der Waals surface area contributed by atoms with Gasteiger partial charge in [0.15, 0.2) is 0 Å². The lowest BCUT2D eigenvalue weighted by molar-refractivity contribution is -0.143. The maximum absolute atomic E-state index is 12.2. The monoisotopic (exact) mass is 731 g/mol. The van der Waals surface area contributed by atoms with E-state index in [9.17, 15) is 33.6 Å². The minimum Gasteiger partial charge on any atom is -0.481 e. The zero-order chi connectivity index (χ0) is 38.5. The van der Waals surface area contributed by atoms with Crippen LogP contribution in [-0.2, 0) is 43.0 Å². The maximum Gasteiger partial charge on any atom is 0.326 e. The van der Waals surface area contributed by atoms with E-state index in [1.54, 1.807) is 0 Å². The Bertz CT molecular complexity index is 964. The molecular formula is C36H65N3O12. The molecule has 0 saturated heterocycles. The number of carboxylic acid groups (broad SMARTS) is 2. The third-order valence-electron chi connectivity index (χ3n) is 7.83. The average Bonchev–Trinajstić information content (AvgIpc) is 3.09. The van der Waals surface area contributed by atoms with Crippen LogP contribution in [0.2, 0.25) is 0 Å². The summed E-state index contributed by atoms with van der Waals surface area (Å²) >= 11 is 0. The highest BCUT2D eigenvalue weighted by atomic mass is 16.5. The largest absolute Gasteiger partial charge is 0.481 e. The average molecular weight is 732 g/mol. The van der Waals surface area contributed by atoms with E-state index >= 15 is 0 Å². The number of hydrogen-bond acceptors (Lipinski definition) is 10. The first-order valence-corrected chi connectivity index (χ1v) is 18.4. The maximum atomic E-state index is 12.2. The van der Waals surface area contributed by atoms with Crippen molar-refractivity contribution in [2.45, 2.75) is 147 Å². The molecule has 15 nitrogen and oxygen atoms in total. The smallest absolute Gasteiger partial charge is 0.326 e. The highest BCUT2D eigenvalue weighted by molar-refractivity contribution is 5.85. The van der Waals surface area contributed by atoms with Crippen molar-refractivity contribution < 1.29 is 58.4 Å². The number of carbonyl (C=O) groups excluding carboxylic acids is 5. The van der Waals surface area contributed by atoms with E-state index in [0.29, 0.717) is 12.7 Å². The Morgan fingerprint density at radius 2 is 1.10 bits per heavy atom. The van der Waals surface area contributed by atoms with Crippen LogP contribution in [-0.4, -0.2) is 109 Å². The molecule has 296 valence electrons. The van der Waals surface area contributed by atoms with Crippen molar-refractivity contribution in [2.24, 2.45) is 0 Å². The third kappa shape index (κ3) is 36.2. The van der Waals surface area contributed by atoms with Crippen LogP contribution in [0.4, 0.5) is 0 Å². The van der Waals surface area contributed by atoms with Crippen molar-refractivity contribution in [3.8, 4) is 0 Å². The number of nitrogens with one attached hydrogen (secondary N) is 3. The fraction of sp³-hybridized carbons (Fsp3) is 0.806. The van der Waals surface area contributed by atoms with Crippen molar-refractivity contribution >= 4 is 41.7 Å². The van der Waals surface area contributed by atoms with E-state index < -0.39 is 29.9 Å². The number of amides is 3. The van der Waals surface area contributed by atoms with Crippen LogP contribution < -0.4 is 16.0 Å². The Morgan fingerprint density at radius 3 is 1.59 bits per heavy atom. The highest BCUT2D eigenvalue weighted by Gasteiger charge is 2.20. The Labute approximate surface area is 303 Å². The summed E-state index contributed by atoms with van der Waals surface area (Å²) in [6, 6.07) is -1.89. The summed E-state index contributed by atoms with van der Waals surface area (Å²) in [5.74, 6) is -3.19. The van der Waals surface area contributed by atoms with E-state index in [4.69, 9.17) is 24.8 Å². The Hall–Kier alpha value is -3.43. The number of carboxylic acids is 2. The molecule has 0 saturated carbocycles. The van der Waals surface area contributed by atoms with Crippen LogP contribution in [0.1, 0.15) is 135 Å². The first kappa shape index (κ1) is 49.7. The van der Waals surface area contributed by atoms with Gasteiger partial charge in [0, 0.05) is 39.3 Å². The van der Waals surface area contributed by atoms with Gasteiger partial charge < -0.3 is 50.3 Å². The van der Waals surface area contributed by atoms with Crippen molar-refractivity contribution in [1.29, 1.82) is 0 Å². The number of ether oxygens (including phenoxy) is 2. The van der Waals surface area contributed by atoms with Gasteiger partial charge in [-0.05, 0) is 32.6 Å². The number of aliphatic hydroxyl groups is 1. The number of Topliss-reactive ketones (excluding diaryl/α,β-unsaturated/α-hetero) is 1. The van der Waals surface area contributed by atoms with Crippen molar-refractivity contribution in [3.05, 3.63) is 0 Å². The number of aliphatic hydroxyl groups excluding tert-OH is 1. The molecule has 0 aliphatic rings. The van der Waals surface area contributed by atoms with Gasteiger partial charge in [0.05, 0.1) is 25.9 Å². The normalized spacial score (nSPS) is 11.7. The fourth-order valence-corrected chi connectivity index (χ4v) is 5.00. The predicted octanol–water partition coefficient (Wildman–Crippen LogP) is 3.47. The highest BCUT2D eigenvalue weighted by Crippen LogP contribution is 2.14. The van der Waals surface area contributed by atoms with E-state index in [1.807, 2.05) is 0 Å². The number of aldehydes is 1. The molecule has 15 heteroatoms. The molecule has 2 unspecified atom stereocenters. The topological polar surface area (TPSA) is 235 Å².